The molecule has 1 saturated heterocycles. The van der Waals surface area contributed by atoms with Crippen LogP contribution < -0.4 is 5.32 Å². The van der Waals surface area contributed by atoms with E-state index in [9.17, 15) is 4.79 Å². The van der Waals surface area contributed by atoms with E-state index in [0.717, 1.165) is 6.54 Å². The molecule has 2 rings (SSSR count). The van der Waals surface area contributed by atoms with Crippen LogP contribution in [0, 0.1) is 0 Å². The third kappa shape index (κ3) is 1.52. The molecule has 0 aromatic carbocycles. The number of carbonyl (C=O) groups is 1. The molecule has 3 heteroatoms. The summed E-state index contributed by atoms with van der Waals surface area (Å²) in [5.74, 6) is 0. The zero-order valence-electron chi connectivity index (χ0n) is 7.43. The van der Waals surface area contributed by atoms with Crippen LogP contribution in [-0.2, 0) is 4.79 Å². The Kier molecular flexibility index (Phi) is 2.17. The molecule has 68 valence electrons. The van der Waals surface area contributed by atoms with Crippen molar-refractivity contribution in [1.82, 2.24) is 5.32 Å². The van der Waals surface area contributed by atoms with E-state index >= 15 is 0 Å². The number of thioether (sulfide) groups is 1. The van der Waals surface area contributed by atoms with Crippen LogP contribution in [0.15, 0.2) is 0 Å². The molecule has 0 bridgehead atoms. The predicted octanol–water partition coefficient (Wildman–Crippen LogP) is 1.55. The lowest BCUT2D eigenvalue weighted by molar-refractivity contribution is -0.109. The molecular formula is C9H15NOS. The molecule has 0 aromatic rings. The third-order valence-corrected chi connectivity index (χ3v) is 3.97. The van der Waals surface area contributed by atoms with Gasteiger partial charge in [0.05, 0.1) is 0 Å². The monoisotopic (exact) mass is 185 g/mol. The highest BCUT2D eigenvalue weighted by Gasteiger charge is 2.43. The van der Waals surface area contributed by atoms with Gasteiger partial charge in [-0.15, -0.1) is 0 Å². The highest BCUT2D eigenvalue weighted by atomic mass is 32.2. The average molecular weight is 185 g/mol. The molecule has 2 fully saturated rings. The van der Waals surface area contributed by atoms with Gasteiger partial charge < -0.3 is 5.32 Å². The Hall–Kier alpha value is -0.0200. The lowest BCUT2D eigenvalue weighted by Gasteiger charge is -2.38. The van der Waals surface area contributed by atoms with Crippen LogP contribution in [0.2, 0.25) is 0 Å². The topological polar surface area (TPSA) is 29.1 Å². The van der Waals surface area contributed by atoms with Crippen LogP contribution in [0.1, 0.15) is 32.6 Å². The second-order valence-electron chi connectivity index (χ2n) is 3.95. The van der Waals surface area contributed by atoms with Crippen LogP contribution in [0.5, 0.6) is 0 Å². The van der Waals surface area contributed by atoms with Gasteiger partial charge in [0, 0.05) is 24.3 Å². The highest BCUT2D eigenvalue weighted by molar-refractivity contribution is 8.14. The number of nitrogens with one attached hydrogen (secondary N) is 1. The Morgan fingerprint density at radius 3 is 2.75 bits per heavy atom. The molecular weight excluding hydrogens is 170 g/mol. The van der Waals surface area contributed by atoms with Gasteiger partial charge in [0.15, 0.2) is 5.12 Å². The minimum atomic E-state index is 0.262. The number of hydrogen-bond acceptors (Lipinski definition) is 3. The van der Waals surface area contributed by atoms with Crippen molar-refractivity contribution in [1.29, 1.82) is 0 Å². The van der Waals surface area contributed by atoms with Crippen LogP contribution in [0.3, 0.4) is 0 Å². The molecule has 0 amide bonds. The Morgan fingerprint density at radius 1 is 1.58 bits per heavy atom. The fourth-order valence-electron chi connectivity index (χ4n) is 2.21. The molecule has 2 nitrogen and oxygen atoms in total. The minimum absolute atomic E-state index is 0.262. The summed E-state index contributed by atoms with van der Waals surface area (Å²) in [5.41, 5.74) is 0.452. The van der Waals surface area contributed by atoms with E-state index < -0.39 is 0 Å². The zero-order valence-corrected chi connectivity index (χ0v) is 8.25. The Labute approximate surface area is 77.5 Å². The molecule has 1 heterocycles. The van der Waals surface area contributed by atoms with Gasteiger partial charge in [-0.2, -0.15) is 0 Å². The van der Waals surface area contributed by atoms with E-state index in [1.165, 1.54) is 37.4 Å². The quantitative estimate of drug-likeness (QED) is 0.672. The van der Waals surface area contributed by atoms with Crippen LogP contribution in [0.4, 0.5) is 0 Å². The van der Waals surface area contributed by atoms with E-state index in [2.05, 4.69) is 5.32 Å². The van der Waals surface area contributed by atoms with Gasteiger partial charge in [-0.25, -0.2) is 0 Å². The summed E-state index contributed by atoms with van der Waals surface area (Å²) in [6.07, 6.45) is 5.21. The van der Waals surface area contributed by atoms with Crippen molar-refractivity contribution in [3.05, 3.63) is 0 Å². The summed E-state index contributed by atoms with van der Waals surface area (Å²) in [7, 11) is 0. The first-order valence-electron chi connectivity index (χ1n) is 4.62. The molecule has 0 radical (unpaired) electrons. The normalized spacial score (nSPS) is 31.9. The summed E-state index contributed by atoms with van der Waals surface area (Å²) in [6, 6.07) is 0. The molecule has 1 saturated carbocycles. The lowest BCUT2D eigenvalue weighted by atomic mass is 9.76. The molecule has 12 heavy (non-hydrogen) atoms. The first kappa shape index (κ1) is 8.57. The fraction of sp³-hybridized carbons (Fsp3) is 0.889. The number of hydrogen-bond donors (Lipinski definition) is 1. The van der Waals surface area contributed by atoms with Gasteiger partial charge in [0.2, 0.25) is 0 Å². The first-order chi connectivity index (χ1) is 5.70. The largest absolute Gasteiger partial charge is 0.310 e. The molecule has 1 N–H and O–H groups in total. The first-order valence-corrected chi connectivity index (χ1v) is 5.50. The standard InChI is InChI=1S/C9H15NOS/c1-7(11)12-8-5-9(10-6-8)3-2-4-9/h8,10H,2-6H2,1H3. The molecule has 0 aromatic heterocycles. The number of rotatable bonds is 1. The molecule has 2 aliphatic rings. The summed E-state index contributed by atoms with van der Waals surface area (Å²) in [4.78, 5) is 10.9. The van der Waals surface area contributed by atoms with E-state index in [0.29, 0.717) is 10.8 Å². The Morgan fingerprint density at radius 2 is 2.33 bits per heavy atom. The number of carbonyl (C=O) groups excluding carboxylic acids is 1. The van der Waals surface area contributed by atoms with E-state index in [-0.39, 0.29) is 5.12 Å². The Bertz CT molecular complexity index is 201. The van der Waals surface area contributed by atoms with E-state index in [1.54, 1.807) is 6.92 Å². The van der Waals surface area contributed by atoms with Gasteiger partial charge >= 0.3 is 0 Å². The average Bonchev–Trinajstić information content (AvgIpc) is 2.29. The minimum Gasteiger partial charge on any atom is -0.310 e. The zero-order chi connectivity index (χ0) is 8.60. The predicted molar refractivity (Wildman–Crippen MR) is 51.3 cm³/mol. The maximum Gasteiger partial charge on any atom is 0.186 e. The van der Waals surface area contributed by atoms with Crippen molar-refractivity contribution in [3.8, 4) is 0 Å². The molecule has 1 atom stereocenters. The van der Waals surface area contributed by atoms with Crippen LogP contribution in [-0.4, -0.2) is 22.4 Å². The second kappa shape index (κ2) is 3.04. The maximum absolute atomic E-state index is 10.9. The van der Waals surface area contributed by atoms with Crippen LogP contribution >= 0.6 is 11.8 Å². The van der Waals surface area contributed by atoms with Gasteiger partial charge in [0.1, 0.15) is 0 Å². The molecule has 1 spiro atoms. The van der Waals surface area contributed by atoms with E-state index in [4.69, 9.17) is 0 Å². The smallest absolute Gasteiger partial charge is 0.186 e. The summed E-state index contributed by atoms with van der Waals surface area (Å²) in [5, 5.41) is 4.36. The van der Waals surface area contributed by atoms with Crippen molar-refractivity contribution in [3.63, 3.8) is 0 Å². The second-order valence-corrected chi connectivity index (χ2v) is 5.43. The fourth-order valence-corrected chi connectivity index (χ4v) is 3.25. The third-order valence-electron chi connectivity index (χ3n) is 2.97. The maximum atomic E-state index is 10.9. The molecule has 1 aliphatic carbocycles. The van der Waals surface area contributed by atoms with Crippen molar-refractivity contribution in [2.24, 2.45) is 0 Å². The van der Waals surface area contributed by atoms with Crippen LogP contribution in [0.25, 0.3) is 0 Å². The highest BCUT2D eigenvalue weighted by Crippen LogP contribution is 2.41. The van der Waals surface area contributed by atoms with Gasteiger partial charge in [-0.3, -0.25) is 4.79 Å². The van der Waals surface area contributed by atoms with E-state index in [1.807, 2.05) is 0 Å². The van der Waals surface area contributed by atoms with Gasteiger partial charge in [-0.1, -0.05) is 11.8 Å². The van der Waals surface area contributed by atoms with Crippen molar-refractivity contribution < 1.29 is 4.79 Å². The van der Waals surface area contributed by atoms with Crippen molar-refractivity contribution in [2.75, 3.05) is 6.54 Å². The van der Waals surface area contributed by atoms with Crippen molar-refractivity contribution in [2.45, 2.75) is 43.4 Å². The van der Waals surface area contributed by atoms with Gasteiger partial charge in [-0.05, 0) is 25.7 Å². The Balaban J connectivity index is 1.85. The summed E-state index contributed by atoms with van der Waals surface area (Å²) in [6.45, 7) is 2.70. The van der Waals surface area contributed by atoms with Gasteiger partial charge in [0.25, 0.3) is 0 Å². The SMILES string of the molecule is CC(=O)SC1CNC2(CCC2)C1. The molecule has 1 aliphatic heterocycles. The van der Waals surface area contributed by atoms with Crippen molar-refractivity contribution >= 4 is 16.9 Å². The summed E-state index contributed by atoms with van der Waals surface area (Å²) < 4.78 is 0. The summed E-state index contributed by atoms with van der Waals surface area (Å²) >= 11 is 1.51. The lowest BCUT2D eigenvalue weighted by Crippen LogP contribution is -2.45. The molecule has 1 unspecified atom stereocenters.